The number of nitriles is 1. The number of nitrogens with zero attached hydrogens (tertiary/aromatic N) is 2. The second kappa shape index (κ2) is 6.48. The van der Waals surface area contributed by atoms with Crippen LogP contribution in [-0.2, 0) is 14.3 Å². The minimum atomic E-state index is -1.48. The van der Waals surface area contributed by atoms with Gasteiger partial charge in [-0.25, -0.2) is 4.79 Å². The fourth-order valence-electron chi connectivity index (χ4n) is 3.41. The molecule has 1 aromatic rings. The number of carbonyl (C=O) groups excluding carboxylic acids is 2. The number of piperidine rings is 1. The number of esters is 1. The normalized spacial score (nSPS) is 22.8. The van der Waals surface area contributed by atoms with Crippen LogP contribution in [0, 0.1) is 16.7 Å². The highest BCUT2D eigenvalue weighted by Crippen LogP contribution is 2.59. The number of rotatable bonds is 4. The molecule has 0 aromatic heterocycles. The minimum Gasteiger partial charge on any atom is -0.463 e. The summed E-state index contributed by atoms with van der Waals surface area (Å²) in [7, 11) is 0. The van der Waals surface area contributed by atoms with Crippen LogP contribution in [0.2, 0.25) is 0 Å². The summed E-state index contributed by atoms with van der Waals surface area (Å²) in [5.41, 5.74) is -0.0500. The molecule has 0 saturated carbocycles. The Bertz CT molecular complexity index is 727. The quantitative estimate of drug-likeness (QED) is 0.798. The Balaban J connectivity index is 1.99. The largest absolute Gasteiger partial charge is 0.463 e. The van der Waals surface area contributed by atoms with Crippen molar-refractivity contribution in [3.63, 3.8) is 0 Å². The second-order valence-electron chi connectivity index (χ2n) is 6.05. The Labute approximate surface area is 141 Å². The van der Waals surface area contributed by atoms with Gasteiger partial charge >= 0.3 is 5.97 Å². The van der Waals surface area contributed by atoms with Gasteiger partial charge in [0.25, 0.3) is 5.91 Å². The predicted molar refractivity (Wildman–Crippen MR) is 88.5 cm³/mol. The van der Waals surface area contributed by atoms with Crippen molar-refractivity contribution in [3.8, 4) is 6.07 Å². The molecule has 1 atom stereocenters. The van der Waals surface area contributed by atoms with Gasteiger partial charge in [-0.1, -0.05) is 30.3 Å². The summed E-state index contributed by atoms with van der Waals surface area (Å²) >= 11 is 0. The van der Waals surface area contributed by atoms with Crippen molar-refractivity contribution in [3.05, 3.63) is 41.5 Å². The first-order valence-corrected chi connectivity index (χ1v) is 8.35. The molecule has 3 rings (SSSR count). The molecule has 0 radical (unpaired) electrons. The Morgan fingerprint density at radius 1 is 1.21 bits per heavy atom. The highest BCUT2D eigenvalue weighted by Gasteiger charge is 2.65. The highest BCUT2D eigenvalue weighted by molar-refractivity contribution is 6.26. The van der Waals surface area contributed by atoms with Crippen LogP contribution in [0.15, 0.2) is 35.9 Å². The molecular formula is C19H20N2O3. The monoisotopic (exact) mass is 324 g/mol. The topological polar surface area (TPSA) is 70.4 Å². The lowest BCUT2D eigenvalue weighted by molar-refractivity contribution is -0.141. The fourth-order valence-corrected chi connectivity index (χ4v) is 3.41. The average molecular weight is 324 g/mol. The van der Waals surface area contributed by atoms with Crippen LogP contribution in [0.25, 0.3) is 5.57 Å². The molecular weight excluding hydrogens is 304 g/mol. The summed E-state index contributed by atoms with van der Waals surface area (Å²) in [5, 5.41) is 9.83. The average Bonchev–Trinajstić information content (AvgIpc) is 3.33. The Morgan fingerprint density at radius 3 is 2.46 bits per heavy atom. The molecule has 24 heavy (non-hydrogen) atoms. The molecule has 0 spiro atoms. The maximum Gasteiger partial charge on any atom is 0.336 e. The maximum absolute atomic E-state index is 13.1. The number of likely N-dealkylation sites (tertiary alicyclic amines) is 1. The number of hydrogen-bond donors (Lipinski definition) is 0. The minimum absolute atomic E-state index is 0.202. The first-order valence-electron chi connectivity index (χ1n) is 8.35. The zero-order chi connectivity index (χ0) is 17.2. The first kappa shape index (κ1) is 16.3. The van der Waals surface area contributed by atoms with Crippen LogP contribution < -0.4 is 0 Å². The van der Waals surface area contributed by atoms with Crippen molar-refractivity contribution in [1.29, 1.82) is 5.26 Å². The Hall–Kier alpha value is -2.61. The molecule has 1 fully saturated rings. The van der Waals surface area contributed by atoms with E-state index < -0.39 is 11.4 Å². The number of benzene rings is 1. The van der Waals surface area contributed by atoms with E-state index in [0.717, 1.165) is 24.8 Å². The molecule has 1 amide bonds. The summed E-state index contributed by atoms with van der Waals surface area (Å²) < 4.78 is 5.09. The molecule has 1 aromatic carbocycles. The van der Waals surface area contributed by atoms with Crippen molar-refractivity contribution in [2.75, 3.05) is 19.7 Å². The van der Waals surface area contributed by atoms with E-state index in [0.29, 0.717) is 18.7 Å². The van der Waals surface area contributed by atoms with E-state index in [9.17, 15) is 14.9 Å². The van der Waals surface area contributed by atoms with Gasteiger partial charge in [-0.2, -0.15) is 5.26 Å². The summed E-state index contributed by atoms with van der Waals surface area (Å²) in [6, 6.07) is 11.3. The van der Waals surface area contributed by atoms with Gasteiger partial charge in [0.1, 0.15) is 0 Å². The van der Waals surface area contributed by atoms with Gasteiger partial charge in [0.05, 0.1) is 18.2 Å². The van der Waals surface area contributed by atoms with Crippen LogP contribution in [-0.4, -0.2) is 36.5 Å². The molecule has 1 heterocycles. The maximum atomic E-state index is 13.1. The fraction of sp³-hybridized carbons (Fsp3) is 0.421. The number of hydrogen-bond acceptors (Lipinski definition) is 4. The van der Waals surface area contributed by atoms with E-state index in [1.54, 1.807) is 11.8 Å². The Kier molecular flexibility index (Phi) is 4.39. The lowest BCUT2D eigenvalue weighted by Crippen LogP contribution is -2.42. The zero-order valence-corrected chi connectivity index (χ0v) is 13.7. The number of carbonyl (C=O) groups is 2. The van der Waals surface area contributed by atoms with E-state index in [1.807, 2.05) is 30.3 Å². The van der Waals surface area contributed by atoms with Crippen LogP contribution in [0.1, 0.15) is 31.7 Å². The molecule has 0 N–H and O–H groups in total. The van der Waals surface area contributed by atoms with Crippen molar-refractivity contribution < 1.29 is 14.3 Å². The standard InChI is InChI=1S/C19H20N2O3/c1-2-24-17(22)16-15(14-9-5-3-6-10-14)19(16,13-20)18(23)21-11-7-4-8-12-21/h3,5-6,9-10H,2,4,7-8,11-12H2,1H3. The highest BCUT2D eigenvalue weighted by atomic mass is 16.5. The zero-order valence-electron chi connectivity index (χ0n) is 13.7. The van der Waals surface area contributed by atoms with Crippen molar-refractivity contribution >= 4 is 17.4 Å². The third-order valence-corrected chi connectivity index (χ3v) is 4.61. The van der Waals surface area contributed by atoms with Crippen LogP contribution in [0.3, 0.4) is 0 Å². The molecule has 1 unspecified atom stereocenters. The third kappa shape index (κ3) is 2.48. The third-order valence-electron chi connectivity index (χ3n) is 4.61. The van der Waals surface area contributed by atoms with Crippen LogP contribution in [0.4, 0.5) is 0 Å². The molecule has 5 nitrogen and oxygen atoms in total. The molecule has 0 bridgehead atoms. The lowest BCUT2D eigenvalue weighted by atomic mass is 9.93. The molecule has 5 heteroatoms. The summed E-state index contributed by atoms with van der Waals surface area (Å²) in [6.07, 6.45) is 2.96. The van der Waals surface area contributed by atoms with E-state index in [-0.39, 0.29) is 18.1 Å². The van der Waals surface area contributed by atoms with Gasteiger partial charge in [-0.15, -0.1) is 0 Å². The van der Waals surface area contributed by atoms with Crippen molar-refractivity contribution in [1.82, 2.24) is 4.90 Å². The predicted octanol–water partition coefficient (Wildman–Crippen LogP) is 2.54. The van der Waals surface area contributed by atoms with Crippen LogP contribution in [0.5, 0.6) is 0 Å². The molecule has 124 valence electrons. The molecule has 1 saturated heterocycles. The van der Waals surface area contributed by atoms with Gasteiger partial charge in [0.2, 0.25) is 0 Å². The number of amides is 1. The van der Waals surface area contributed by atoms with E-state index in [4.69, 9.17) is 4.74 Å². The van der Waals surface area contributed by atoms with Crippen molar-refractivity contribution in [2.45, 2.75) is 26.2 Å². The first-order chi connectivity index (χ1) is 11.7. The smallest absolute Gasteiger partial charge is 0.336 e. The van der Waals surface area contributed by atoms with Crippen LogP contribution >= 0.6 is 0 Å². The number of ether oxygens (including phenoxy) is 1. The van der Waals surface area contributed by atoms with E-state index in [2.05, 4.69) is 6.07 Å². The Morgan fingerprint density at radius 2 is 1.88 bits per heavy atom. The molecule has 2 aliphatic rings. The summed E-state index contributed by atoms with van der Waals surface area (Å²) in [4.78, 5) is 27.1. The van der Waals surface area contributed by atoms with Crippen molar-refractivity contribution in [2.24, 2.45) is 5.41 Å². The molecule has 1 aliphatic heterocycles. The SMILES string of the molecule is CCOC(=O)C1=C(c2ccccc2)C1(C#N)C(=O)N1CCCCC1. The van der Waals surface area contributed by atoms with Gasteiger partial charge in [-0.05, 0) is 31.7 Å². The lowest BCUT2D eigenvalue weighted by Gasteiger charge is -2.29. The summed E-state index contributed by atoms with van der Waals surface area (Å²) in [6.45, 7) is 3.20. The molecule has 1 aliphatic carbocycles. The second-order valence-corrected chi connectivity index (χ2v) is 6.05. The summed E-state index contributed by atoms with van der Waals surface area (Å²) in [5.74, 6) is -0.852. The van der Waals surface area contributed by atoms with Gasteiger partial charge in [0.15, 0.2) is 5.41 Å². The van der Waals surface area contributed by atoms with E-state index >= 15 is 0 Å². The van der Waals surface area contributed by atoms with Gasteiger partial charge in [0, 0.05) is 18.7 Å². The van der Waals surface area contributed by atoms with Gasteiger partial charge < -0.3 is 9.64 Å². The van der Waals surface area contributed by atoms with E-state index in [1.165, 1.54) is 0 Å². The van der Waals surface area contributed by atoms with Gasteiger partial charge in [-0.3, -0.25) is 4.79 Å².